The van der Waals surface area contributed by atoms with Gasteiger partial charge in [0.1, 0.15) is 9.96 Å². The third kappa shape index (κ3) is 7.04. The Morgan fingerprint density at radius 1 is 1.14 bits per heavy atom. The van der Waals surface area contributed by atoms with Crippen molar-refractivity contribution in [3.05, 3.63) is 41.8 Å². The van der Waals surface area contributed by atoms with Crippen molar-refractivity contribution < 1.29 is 17.9 Å². The van der Waals surface area contributed by atoms with Gasteiger partial charge in [-0.1, -0.05) is 32.8 Å². The molecule has 1 N–H and O–H groups in total. The SMILES string of the molecule is CC(C)CCCC(C)NC(=O)COc1ccc(N(C)S(=O)(=O)c2cccs2)cc1. The van der Waals surface area contributed by atoms with Gasteiger partial charge in [-0.15, -0.1) is 11.3 Å². The molecule has 6 nitrogen and oxygen atoms in total. The van der Waals surface area contributed by atoms with Gasteiger partial charge in [0.05, 0.1) is 5.69 Å². The monoisotopic (exact) mass is 438 g/mol. The lowest BCUT2D eigenvalue weighted by atomic mass is 10.0. The van der Waals surface area contributed by atoms with Gasteiger partial charge in [-0.2, -0.15) is 0 Å². The van der Waals surface area contributed by atoms with E-state index < -0.39 is 10.0 Å². The maximum atomic E-state index is 12.6. The average molecular weight is 439 g/mol. The van der Waals surface area contributed by atoms with Crippen molar-refractivity contribution in [3.8, 4) is 5.75 Å². The van der Waals surface area contributed by atoms with Gasteiger partial charge in [-0.3, -0.25) is 9.10 Å². The van der Waals surface area contributed by atoms with Gasteiger partial charge >= 0.3 is 0 Å². The van der Waals surface area contributed by atoms with Crippen LogP contribution < -0.4 is 14.4 Å². The van der Waals surface area contributed by atoms with Crippen LogP contribution in [0.5, 0.6) is 5.75 Å². The summed E-state index contributed by atoms with van der Waals surface area (Å²) < 4.78 is 32.2. The van der Waals surface area contributed by atoms with E-state index in [9.17, 15) is 13.2 Å². The lowest BCUT2D eigenvalue weighted by Gasteiger charge is -2.19. The van der Waals surface area contributed by atoms with Crippen LogP contribution in [0.1, 0.15) is 40.0 Å². The molecule has 2 aromatic rings. The normalized spacial score (nSPS) is 12.6. The highest BCUT2D eigenvalue weighted by Gasteiger charge is 2.22. The van der Waals surface area contributed by atoms with E-state index in [-0.39, 0.29) is 18.6 Å². The molecule has 1 unspecified atom stereocenters. The van der Waals surface area contributed by atoms with Crippen molar-refractivity contribution in [2.45, 2.75) is 50.3 Å². The van der Waals surface area contributed by atoms with E-state index in [1.165, 1.54) is 22.7 Å². The molecule has 8 heteroatoms. The summed E-state index contributed by atoms with van der Waals surface area (Å²) in [6.07, 6.45) is 3.19. The van der Waals surface area contributed by atoms with Crippen LogP contribution in [0.3, 0.4) is 0 Å². The second-order valence-corrected chi connectivity index (χ2v) is 10.6. The fraction of sp³-hybridized carbons (Fsp3) is 0.476. The van der Waals surface area contributed by atoms with E-state index in [4.69, 9.17) is 4.74 Å². The molecule has 0 aliphatic rings. The summed E-state index contributed by atoms with van der Waals surface area (Å²) in [7, 11) is -2.05. The predicted octanol–water partition coefficient (Wildman–Crippen LogP) is 4.28. The molecule has 0 bridgehead atoms. The van der Waals surface area contributed by atoms with Crippen LogP contribution in [-0.4, -0.2) is 34.0 Å². The quantitative estimate of drug-likeness (QED) is 0.568. The number of carbonyl (C=O) groups excluding carboxylic acids is 1. The molecule has 1 aromatic carbocycles. The van der Waals surface area contributed by atoms with Gasteiger partial charge in [0.25, 0.3) is 15.9 Å². The topological polar surface area (TPSA) is 75.7 Å². The molecule has 1 heterocycles. The molecule has 0 aliphatic carbocycles. The molecule has 1 atom stereocenters. The van der Waals surface area contributed by atoms with Crippen molar-refractivity contribution in [2.24, 2.45) is 5.92 Å². The molecular weight excluding hydrogens is 408 g/mol. The second kappa shape index (κ2) is 10.6. The number of hydrogen-bond acceptors (Lipinski definition) is 5. The number of nitrogens with one attached hydrogen (secondary N) is 1. The van der Waals surface area contributed by atoms with Gasteiger partial charge < -0.3 is 10.1 Å². The number of nitrogens with zero attached hydrogens (tertiary/aromatic N) is 1. The number of benzene rings is 1. The fourth-order valence-corrected chi connectivity index (χ4v) is 5.16. The lowest BCUT2D eigenvalue weighted by molar-refractivity contribution is -0.123. The molecular formula is C21H30N2O4S2. The highest BCUT2D eigenvalue weighted by Crippen LogP contribution is 2.26. The largest absolute Gasteiger partial charge is 0.484 e. The highest BCUT2D eigenvalue weighted by atomic mass is 32.2. The fourth-order valence-electron chi connectivity index (χ4n) is 2.81. The maximum Gasteiger partial charge on any atom is 0.273 e. The Kier molecular flexibility index (Phi) is 8.52. The second-order valence-electron chi connectivity index (χ2n) is 7.48. The highest BCUT2D eigenvalue weighted by molar-refractivity contribution is 7.94. The Balaban J connectivity index is 1.84. The predicted molar refractivity (Wildman–Crippen MR) is 118 cm³/mol. The van der Waals surface area contributed by atoms with E-state index in [0.29, 0.717) is 21.6 Å². The zero-order valence-corrected chi connectivity index (χ0v) is 19.1. The molecule has 160 valence electrons. The molecule has 0 saturated heterocycles. The van der Waals surface area contributed by atoms with Crippen molar-refractivity contribution in [1.29, 1.82) is 0 Å². The van der Waals surface area contributed by atoms with Crippen LogP contribution in [-0.2, 0) is 14.8 Å². The molecule has 0 radical (unpaired) electrons. The number of sulfonamides is 1. The Labute approximate surface area is 177 Å². The van der Waals surface area contributed by atoms with E-state index >= 15 is 0 Å². The minimum absolute atomic E-state index is 0.0722. The van der Waals surface area contributed by atoms with E-state index in [1.54, 1.807) is 41.8 Å². The van der Waals surface area contributed by atoms with E-state index in [2.05, 4.69) is 19.2 Å². The number of ether oxygens (including phenoxy) is 1. The van der Waals surface area contributed by atoms with Gasteiger partial charge in [-0.25, -0.2) is 8.42 Å². The molecule has 0 spiro atoms. The smallest absolute Gasteiger partial charge is 0.273 e. The molecule has 29 heavy (non-hydrogen) atoms. The first kappa shape index (κ1) is 23.2. The number of amides is 1. The Morgan fingerprint density at radius 3 is 2.41 bits per heavy atom. The van der Waals surface area contributed by atoms with Crippen molar-refractivity contribution in [1.82, 2.24) is 5.32 Å². The van der Waals surface area contributed by atoms with E-state index in [0.717, 1.165) is 19.3 Å². The van der Waals surface area contributed by atoms with Crippen LogP contribution in [0.25, 0.3) is 0 Å². The minimum Gasteiger partial charge on any atom is -0.484 e. The summed E-state index contributed by atoms with van der Waals surface area (Å²) >= 11 is 1.18. The standard InChI is InChI=1S/C21H30N2O4S2/c1-16(2)7-5-8-17(3)22-20(24)15-27-19-12-10-18(11-13-19)23(4)29(25,26)21-9-6-14-28-21/h6,9-14,16-17H,5,7-8,15H2,1-4H3,(H,22,24). The average Bonchev–Trinajstić information content (AvgIpc) is 3.21. The Morgan fingerprint density at radius 2 is 1.83 bits per heavy atom. The zero-order chi connectivity index (χ0) is 21.4. The third-order valence-corrected chi connectivity index (χ3v) is 7.66. The minimum atomic E-state index is -3.57. The Hall–Kier alpha value is -2.06. The van der Waals surface area contributed by atoms with Crippen molar-refractivity contribution in [2.75, 3.05) is 18.0 Å². The van der Waals surface area contributed by atoms with Crippen LogP contribution in [0, 0.1) is 5.92 Å². The lowest BCUT2D eigenvalue weighted by Crippen LogP contribution is -2.36. The maximum absolute atomic E-state index is 12.6. The number of anilines is 1. The molecule has 1 aromatic heterocycles. The third-order valence-electron chi connectivity index (χ3n) is 4.51. The van der Waals surface area contributed by atoms with Crippen LogP contribution >= 0.6 is 11.3 Å². The van der Waals surface area contributed by atoms with Crippen molar-refractivity contribution in [3.63, 3.8) is 0 Å². The first-order valence-electron chi connectivity index (χ1n) is 9.75. The molecule has 1 amide bonds. The van der Waals surface area contributed by atoms with Gasteiger partial charge in [0.15, 0.2) is 6.61 Å². The zero-order valence-electron chi connectivity index (χ0n) is 17.4. The van der Waals surface area contributed by atoms with Crippen LogP contribution in [0.15, 0.2) is 46.0 Å². The molecule has 0 fully saturated rings. The van der Waals surface area contributed by atoms with Gasteiger partial charge in [-0.05, 0) is 55.0 Å². The summed E-state index contributed by atoms with van der Waals surface area (Å²) in [5, 5.41) is 4.67. The van der Waals surface area contributed by atoms with Gasteiger partial charge in [0.2, 0.25) is 0 Å². The first-order chi connectivity index (χ1) is 13.7. The van der Waals surface area contributed by atoms with E-state index in [1.807, 2.05) is 6.92 Å². The number of thiophene rings is 1. The first-order valence-corrected chi connectivity index (χ1v) is 12.1. The summed E-state index contributed by atoms with van der Waals surface area (Å²) in [4.78, 5) is 12.0. The summed E-state index contributed by atoms with van der Waals surface area (Å²) in [5.74, 6) is 1.02. The number of rotatable bonds is 11. The molecule has 0 saturated carbocycles. The number of carbonyl (C=O) groups is 1. The molecule has 2 rings (SSSR count). The molecule has 0 aliphatic heterocycles. The summed E-state index contributed by atoms with van der Waals surface area (Å²) in [6.45, 7) is 6.31. The number of hydrogen-bond donors (Lipinski definition) is 1. The summed E-state index contributed by atoms with van der Waals surface area (Å²) in [5.41, 5.74) is 0.522. The summed E-state index contributed by atoms with van der Waals surface area (Å²) in [6, 6.07) is 10.0. The van der Waals surface area contributed by atoms with Gasteiger partial charge in [0, 0.05) is 13.1 Å². The van der Waals surface area contributed by atoms with Crippen LogP contribution in [0.2, 0.25) is 0 Å². The van der Waals surface area contributed by atoms with Crippen LogP contribution in [0.4, 0.5) is 5.69 Å². The Bertz CT molecular complexity index is 863. The van der Waals surface area contributed by atoms with Crippen molar-refractivity contribution >= 4 is 33.0 Å².